The lowest BCUT2D eigenvalue weighted by Crippen LogP contribution is -2.15. The van der Waals surface area contributed by atoms with Crippen molar-refractivity contribution >= 4 is 11.6 Å². The van der Waals surface area contributed by atoms with E-state index in [4.69, 9.17) is 0 Å². The van der Waals surface area contributed by atoms with E-state index in [1.807, 2.05) is 4.57 Å². The summed E-state index contributed by atoms with van der Waals surface area (Å²) in [7, 11) is 0. The van der Waals surface area contributed by atoms with Crippen molar-refractivity contribution in [1.29, 1.82) is 0 Å². The van der Waals surface area contributed by atoms with Crippen molar-refractivity contribution < 1.29 is 9.18 Å². The highest BCUT2D eigenvalue weighted by Crippen LogP contribution is 2.29. The fraction of sp³-hybridized carbons (Fsp3) is 0.591. The number of hydrogen-bond acceptors (Lipinski definition) is 3. The molecule has 150 valence electrons. The Balaban J connectivity index is 1.45. The number of carbonyl (C=O) groups is 1. The third kappa shape index (κ3) is 4.42. The van der Waals surface area contributed by atoms with Crippen LogP contribution >= 0.6 is 0 Å². The van der Waals surface area contributed by atoms with Crippen LogP contribution in [0.4, 0.5) is 10.1 Å². The molecule has 6 heteroatoms. The number of amides is 1. The van der Waals surface area contributed by atoms with Crippen molar-refractivity contribution in [2.75, 3.05) is 5.32 Å². The third-order valence-electron chi connectivity index (χ3n) is 6.10. The van der Waals surface area contributed by atoms with E-state index in [-0.39, 0.29) is 11.7 Å². The van der Waals surface area contributed by atoms with E-state index in [9.17, 15) is 9.18 Å². The number of aromatic nitrogens is 3. The predicted octanol–water partition coefficient (Wildman–Crippen LogP) is 5.11. The van der Waals surface area contributed by atoms with Gasteiger partial charge in [-0.1, -0.05) is 38.5 Å². The van der Waals surface area contributed by atoms with Crippen LogP contribution in [0.15, 0.2) is 18.2 Å². The van der Waals surface area contributed by atoms with Crippen LogP contribution in [-0.2, 0) is 17.8 Å². The minimum Gasteiger partial charge on any atom is -0.326 e. The number of anilines is 1. The van der Waals surface area contributed by atoms with Gasteiger partial charge in [0.25, 0.3) is 0 Å². The van der Waals surface area contributed by atoms with Crippen LogP contribution in [0.25, 0.3) is 11.4 Å². The van der Waals surface area contributed by atoms with Crippen molar-refractivity contribution in [2.45, 2.75) is 77.2 Å². The highest BCUT2D eigenvalue weighted by atomic mass is 19.1. The van der Waals surface area contributed by atoms with Crippen LogP contribution in [0.2, 0.25) is 0 Å². The Hall–Kier alpha value is -2.24. The minimum atomic E-state index is -0.334. The first kappa shape index (κ1) is 19.1. The number of carbonyl (C=O) groups excluding carboxylic acids is 1. The van der Waals surface area contributed by atoms with Gasteiger partial charge in [0.15, 0.2) is 5.82 Å². The highest BCUT2D eigenvalue weighted by Gasteiger charge is 2.20. The Morgan fingerprint density at radius 3 is 2.79 bits per heavy atom. The van der Waals surface area contributed by atoms with E-state index >= 15 is 0 Å². The number of rotatable bonds is 5. The van der Waals surface area contributed by atoms with Crippen LogP contribution in [0.1, 0.15) is 70.0 Å². The van der Waals surface area contributed by atoms with Gasteiger partial charge in [0.1, 0.15) is 11.6 Å². The van der Waals surface area contributed by atoms with Crippen LogP contribution in [0.5, 0.6) is 0 Å². The quantitative estimate of drug-likeness (QED) is 0.779. The lowest BCUT2D eigenvalue weighted by Gasteiger charge is -2.21. The van der Waals surface area contributed by atoms with E-state index in [0.29, 0.717) is 29.4 Å². The molecule has 1 aliphatic heterocycles. The van der Waals surface area contributed by atoms with Gasteiger partial charge >= 0.3 is 0 Å². The molecule has 1 aliphatic carbocycles. The molecule has 0 radical (unpaired) electrons. The number of aryl methyl sites for hydroxylation is 1. The lowest BCUT2D eigenvalue weighted by atomic mass is 9.86. The summed E-state index contributed by atoms with van der Waals surface area (Å²) >= 11 is 0. The molecule has 0 unspecified atom stereocenters. The zero-order chi connectivity index (χ0) is 19.3. The Bertz CT molecular complexity index is 826. The fourth-order valence-corrected chi connectivity index (χ4v) is 4.49. The Morgan fingerprint density at radius 2 is 1.93 bits per heavy atom. The highest BCUT2D eigenvalue weighted by molar-refractivity contribution is 5.91. The normalized spacial score (nSPS) is 17.8. The zero-order valence-electron chi connectivity index (χ0n) is 16.4. The second-order valence-electron chi connectivity index (χ2n) is 8.19. The molecule has 2 aliphatic rings. The molecular weight excluding hydrogens is 355 g/mol. The van der Waals surface area contributed by atoms with Gasteiger partial charge in [-0.3, -0.25) is 4.79 Å². The molecule has 2 aromatic rings. The van der Waals surface area contributed by atoms with E-state index in [2.05, 4.69) is 15.5 Å². The summed E-state index contributed by atoms with van der Waals surface area (Å²) in [4.78, 5) is 12.4. The van der Waals surface area contributed by atoms with Gasteiger partial charge in [0.2, 0.25) is 5.91 Å². The molecule has 1 aromatic carbocycles. The maximum atomic E-state index is 14.5. The Morgan fingerprint density at radius 1 is 1.11 bits per heavy atom. The van der Waals surface area contributed by atoms with E-state index < -0.39 is 0 Å². The van der Waals surface area contributed by atoms with Crippen molar-refractivity contribution in [3.63, 3.8) is 0 Å². The monoisotopic (exact) mass is 384 g/mol. The molecule has 1 saturated carbocycles. The van der Waals surface area contributed by atoms with Crippen LogP contribution in [0, 0.1) is 11.7 Å². The summed E-state index contributed by atoms with van der Waals surface area (Å²) in [6.07, 6.45) is 12.0. The summed E-state index contributed by atoms with van der Waals surface area (Å²) in [5.41, 5.74) is 1.03. The molecule has 1 N–H and O–H groups in total. The maximum absolute atomic E-state index is 14.5. The molecule has 5 nitrogen and oxygen atoms in total. The first-order valence-corrected chi connectivity index (χ1v) is 10.7. The molecule has 4 rings (SSSR count). The van der Waals surface area contributed by atoms with Crippen LogP contribution in [-0.4, -0.2) is 20.7 Å². The van der Waals surface area contributed by atoms with Gasteiger partial charge in [-0.15, -0.1) is 10.2 Å². The molecule has 28 heavy (non-hydrogen) atoms. The summed E-state index contributed by atoms with van der Waals surface area (Å²) in [5.74, 6) is 1.83. The molecule has 0 atom stereocenters. The minimum absolute atomic E-state index is 0.00297. The van der Waals surface area contributed by atoms with E-state index in [1.165, 1.54) is 38.2 Å². The van der Waals surface area contributed by atoms with Gasteiger partial charge in [-0.2, -0.15) is 0 Å². The Labute approximate surface area is 165 Å². The summed E-state index contributed by atoms with van der Waals surface area (Å²) in [6.45, 7) is 0.815. The van der Waals surface area contributed by atoms with Crippen molar-refractivity contribution in [2.24, 2.45) is 5.92 Å². The largest absolute Gasteiger partial charge is 0.326 e. The van der Waals surface area contributed by atoms with E-state index in [0.717, 1.165) is 44.5 Å². The van der Waals surface area contributed by atoms with Crippen molar-refractivity contribution in [3.8, 4) is 11.4 Å². The first-order chi connectivity index (χ1) is 13.7. The SMILES string of the molecule is O=C(CCC1CCCCC1)Nc1ccc(F)c(-c2nnc3n2CCCCC3)c1. The molecule has 0 spiro atoms. The van der Waals surface area contributed by atoms with Crippen LogP contribution < -0.4 is 5.32 Å². The molecule has 0 saturated heterocycles. The lowest BCUT2D eigenvalue weighted by molar-refractivity contribution is -0.116. The van der Waals surface area contributed by atoms with Gasteiger partial charge in [-0.25, -0.2) is 4.39 Å². The number of hydrogen-bond donors (Lipinski definition) is 1. The molecule has 1 amide bonds. The summed E-state index contributed by atoms with van der Waals surface area (Å²) < 4.78 is 16.6. The molecule has 1 aromatic heterocycles. The van der Waals surface area contributed by atoms with Gasteiger partial charge in [0.05, 0.1) is 5.56 Å². The van der Waals surface area contributed by atoms with Gasteiger partial charge < -0.3 is 9.88 Å². The summed E-state index contributed by atoms with van der Waals surface area (Å²) in [5, 5.41) is 11.5. The number of benzene rings is 1. The predicted molar refractivity (Wildman–Crippen MR) is 107 cm³/mol. The third-order valence-corrected chi connectivity index (χ3v) is 6.10. The van der Waals surface area contributed by atoms with E-state index in [1.54, 1.807) is 12.1 Å². The number of nitrogens with zero attached hydrogens (tertiary/aromatic N) is 3. The number of nitrogens with one attached hydrogen (secondary N) is 1. The van der Waals surface area contributed by atoms with Crippen molar-refractivity contribution in [1.82, 2.24) is 14.8 Å². The average molecular weight is 384 g/mol. The number of fused-ring (bicyclic) bond motifs is 1. The summed E-state index contributed by atoms with van der Waals surface area (Å²) in [6, 6.07) is 4.72. The topological polar surface area (TPSA) is 59.8 Å². The van der Waals surface area contributed by atoms with Gasteiger partial charge in [0, 0.05) is 25.1 Å². The fourth-order valence-electron chi connectivity index (χ4n) is 4.49. The molecule has 1 fully saturated rings. The first-order valence-electron chi connectivity index (χ1n) is 10.7. The van der Waals surface area contributed by atoms with Gasteiger partial charge in [-0.05, 0) is 43.4 Å². The molecular formula is C22H29FN4O. The van der Waals surface area contributed by atoms with Crippen LogP contribution in [0.3, 0.4) is 0 Å². The Kier molecular flexibility index (Phi) is 6.03. The molecule has 0 bridgehead atoms. The second kappa shape index (κ2) is 8.84. The molecule has 2 heterocycles. The number of halogens is 1. The zero-order valence-corrected chi connectivity index (χ0v) is 16.4. The average Bonchev–Trinajstić information content (AvgIpc) is 2.96. The maximum Gasteiger partial charge on any atom is 0.224 e. The standard InChI is InChI=1S/C22H29FN4O/c23-19-12-11-17(24-21(28)13-10-16-7-3-1-4-8-16)15-18(19)22-26-25-20-9-5-2-6-14-27(20)22/h11-12,15-16H,1-10,13-14H2,(H,24,28). The smallest absolute Gasteiger partial charge is 0.224 e. The van der Waals surface area contributed by atoms with Crippen molar-refractivity contribution in [3.05, 3.63) is 29.8 Å². The second-order valence-corrected chi connectivity index (χ2v) is 8.19.